The molecule has 114 valence electrons. The third-order valence-corrected chi connectivity index (χ3v) is 4.34. The fourth-order valence-electron chi connectivity index (χ4n) is 2.91. The number of amides is 2. The first-order chi connectivity index (χ1) is 10.1. The molecule has 2 atom stereocenters. The van der Waals surface area contributed by atoms with Crippen LogP contribution in [0.2, 0.25) is 0 Å². The summed E-state index contributed by atoms with van der Waals surface area (Å²) in [6.45, 7) is 4.50. The average Bonchev–Trinajstić information content (AvgIpc) is 2.46. The quantitative estimate of drug-likeness (QED) is 0.827. The van der Waals surface area contributed by atoms with E-state index >= 15 is 0 Å². The van der Waals surface area contributed by atoms with Crippen LogP contribution < -0.4 is 10.6 Å². The third-order valence-electron chi connectivity index (χ3n) is 4.34. The molecule has 0 bridgehead atoms. The Labute approximate surface area is 126 Å². The second kappa shape index (κ2) is 7.25. The molecular weight excluding hydrogens is 264 g/mol. The number of urea groups is 1. The minimum atomic E-state index is -0.200. The molecule has 4 heteroatoms. The van der Waals surface area contributed by atoms with Crippen LogP contribution in [0.25, 0.3) is 0 Å². The number of nitrogens with one attached hydrogen (secondary N) is 2. The van der Waals surface area contributed by atoms with Crippen LogP contribution in [0.5, 0.6) is 0 Å². The molecule has 0 spiro atoms. The molecule has 0 aromatic heterocycles. The number of Topliss-reactive ketones (excluding diaryl/α,β-unsaturated/α-hetero) is 1. The van der Waals surface area contributed by atoms with Crippen LogP contribution in [0.15, 0.2) is 24.3 Å². The normalized spacial score (nSPS) is 21.6. The highest BCUT2D eigenvalue weighted by molar-refractivity contribution is 5.96. The lowest BCUT2D eigenvalue weighted by atomic mass is 9.80. The van der Waals surface area contributed by atoms with Gasteiger partial charge >= 0.3 is 6.03 Å². The number of hydrogen-bond acceptors (Lipinski definition) is 2. The Hall–Kier alpha value is -1.84. The lowest BCUT2D eigenvalue weighted by Gasteiger charge is -2.28. The van der Waals surface area contributed by atoms with Crippen molar-refractivity contribution in [2.75, 3.05) is 11.9 Å². The zero-order valence-electron chi connectivity index (χ0n) is 12.8. The number of rotatable bonds is 4. The van der Waals surface area contributed by atoms with Crippen LogP contribution in [-0.2, 0) is 0 Å². The highest BCUT2D eigenvalue weighted by atomic mass is 16.2. The zero-order valence-corrected chi connectivity index (χ0v) is 12.8. The fraction of sp³-hybridized carbons (Fsp3) is 0.529. The van der Waals surface area contributed by atoms with Crippen molar-refractivity contribution < 1.29 is 9.59 Å². The molecule has 0 aliphatic heterocycles. The fourth-order valence-corrected chi connectivity index (χ4v) is 2.91. The molecule has 21 heavy (non-hydrogen) atoms. The van der Waals surface area contributed by atoms with E-state index in [1.54, 1.807) is 24.3 Å². The van der Waals surface area contributed by atoms with E-state index in [0.717, 1.165) is 6.54 Å². The van der Waals surface area contributed by atoms with E-state index in [1.165, 1.54) is 32.6 Å². The number of carbonyl (C=O) groups is 2. The summed E-state index contributed by atoms with van der Waals surface area (Å²) in [4.78, 5) is 23.3. The van der Waals surface area contributed by atoms with Crippen LogP contribution in [0.1, 0.15) is 49.9 Å². The Bertz CT molecular complexity index is 513. The minimum absolute atomic E-state index is 0.00455. The summed E-state index contributed by atoms with van der Waals surface area (Å²) < 4.78 is 0. The van der Waals surface area contributed by atoms with Crippen molar-refractivity contribution in [3.05, 3.63) is 29.8 Å². The van der Waals surface area contributed by atoms with E-state index in [1.807, 2.05) is 0 Å². The Morgan fingerprint density at radius 3 is 2.71 bits per heavy atom. The standard InChI is InChI=1S/C17H24N2O2/c1-12-6-3-4-7-15(12)11-18-17(21)19-16-9-5-8-14(10-16)13(2)20/h5,8-10,12,15H,3-4,6-7,11H2,1-2H3,(H2,18,19,21). The maximum Gasteiger partial charge on any atom is 0.319 e. The first-order valence-electron chi connectivity index (χ1n) is 7.72. The maximum atomic E-state index is 11.9. The van der Waals surface area contributed by atoms with E-state index in [4.69, 9.17) is 0 Å². The van der Waals surface area contributed by atoms with Gasteiger partial charge in [0.1, 0.15) is 0 Å². The predicted octanol–water partition coefficient (Wildman–Crippen LogP) is 3.84. The Kier molecular flexibility index (Phi) is 5.37. The first-order valence-corrected chi connectivity index (χ1v) is 7.72. The first kappa shape index (κ1) is 15.5. The molecule has 1 aromatic rings. The second-order valence-electron chi connectivity index (χ2n) is 5.99. The van der Waals surface area contributed by atoms with Crippen LogP contribution in [0.3, 0.4) is 0 Å². The van der Waals surface area contributed by atoms with Gasteiger partial charge in [0.2, 0.25) is 0 Å². The van der Waals surface area contributed by atoms with Crippen molar-refractivity contribution in [2.24, 2.45) is 11.8 Å². The third kappa shape index (κ3) is 4.59. The van der Waals surface area contributed by atoms with Gasteiger partial charge in [-0.05, 0) is 37.3 Å². The van der Waals surface area contributed by atoms with Gasteiger partial charge in [-0.1, -0.05) is 38.3 Å². The van der Waals surface area contributed by atoms with Gasteiger partial charge in [0.05, 0.1) is 0 Å². The second-order valence-corrected chi connectivity index (χ2v) is 5.99. The van der Waals surface area contributed by atoms with Crippen LogP contribution >= 0.6 is 0 Å². The predicted molar refractivity (Wildman–Crippen MR) is 84.6 cm³/mol. The lowest BCUT2D eigenvalue weighted by Crippen LogP contribution is -2.36. The van der Waals surface area contributed by atoms with E-state index in [2.05, 4.69) is 17.6 Å². The zero-order chi connectivity index (χ0) is 15.2. The van der Waals surface area contributed by atoms with Gasteiger partial charge < -0.3 is 10.6 Å². The van der Waals surface area contributed by atoms with E-state index < -0.39 is 0 Å². The largest absolute Gasteiger partial charge is 0.338 e. The maximum absolute atomic E-state index is 11.9. The van der Waals surface area contributed by atoms with Gasteiger partial charge in [0.15, 0.2) is 5.78 Å². The topological polar surface area (TPSA) is 58.2 Å². The average molecular weight is 288 g/mol. The van der Waals surface area contributed by atoms with Gasteiger partial charge in [-0.3, -0.25) is 4.79 Å². The summed E-state index contributed by atoms with van der Waals surface area (Å²) in [6.07, 6.45) is 5.02. The Morgan fingerprint density at radius 2 is 2.00 bits per heavy atom. The number of ketones is 1. The van der Waals surface area contributed by atoms with Crippen LogP contribution in [0, 0.1) is 11.8 Å². The van der Waals surface area contributed by atoms with E-state index in [0.29, 0.717) is 23.1 Å². The van der Waals surface area contributed by atoms with Crippen molar-refractivity contribution >= 4 is 17.5 Å². The Morgan fingerprint density at radius 1 is 1.24 bits per heavy atom. The van der Waals surface area contributed by atoms with Gasteiger partial charge in [-0.15, -0.1) is 0 Å². The molecule has 0 radical (unpaired) electrons. The minimum Gasteiger partial charge on any atom is -0.338 e. The van der Waals surface area contributed by atoms with E-state index in [9.17, 15) is 9.59 Å². The van der Waals surface area contributed by atoms with E-state index in [-0.39, 0.29) is 11.8 Å². The number of anilines is 1. The van der Waals surface area contributed by atoms with Gasteiger partial charge in [0.25, 0.3) is 0 Å². The van der Waals surface area contributed by atoms with Gasteiger partial charge in [0, 0.05) is 17.8 Å². The van der Waals surface area contributed by atoms with Crippen LogP contribution in [-0.4, -0.2) is 18.4 Å². The van der Waals surface area contributed by atoms with Crippen LogP contribution in [0.4, 0.5) is 10.5 Å². The monoisotopic (exact) mass is 288 g/mol. The highest BCUT2D eigenvalue weighted by Gasteiger charge is 2.21. The molecule has 2 amide bonds. The van der Waals surface area contributed by atoms with Crippen molar-refractivity contribution in [2.45, 2.75) is 39.5 Å². The molecule has 0 saturated heterocycles. The van der Waals surface area contributed by atoms with Gasteiger partial charge in [-0.2, -0.15) is 0 Å². The van der Waals surface area contributed by atoms with Crippen molar-refractivity contribution in [3.63, 3.8) is 0 Å². The SMILES string of the molecule is CC(=O)c1cccc(NC(=O)NCC2CCCCC2C)c1. The molecular formula is C17H24N2O2. The molecule has 2 unspecified atom stereocenters. The molecule has 4 nitrogen and oxygen atoms in total. The molecule has 2 rings (SSSR count). The summed E-state index contributed by atoms with van der Waals surface area (Å²) in [5, 5.41) is 5.73. The smallest absolute Gasteiger partial charge is 0.319 e. The number of benzene rings is 1. The van der Waals surface area contributed by atoms with Crippen molar-refractivity contribution in [1.82, 2.24) is 5.32 Å². The summed E-state index contributed by atoms with van der Waals surface area (Å²) >= 11 is 0. The number of hydrogen-bond donors (Lipinski definition) is 2. The highest BCUT2D eigenvalue weighted by Crippen LogP contribution is 2.28. The summed E-state index contributed by atoms with van der Waals surface area (Å²) in [6, 6.07) is 6.80. The molecule has 1 fully saturated rings. The molecule has 2 N–H and O–H groups in total. The Balaban J connectivity index is 1.84. The molecule has 1 aromatic carbocycles. The number of carbonyl (C=O) groups excluding carboxylic acids is 2. The summed E-state index contributed by atoms with van der Waals surface area (Å²) in [7, 11) is 0. The summed E-state index contributed by atoms with van der Waals surface area (Å²) in [5.41, 5.74) is 1.26. The summed E-state index contributed by atoms with van der Waals surface area (Å²) in [5.74, 6) is 1.25. The van der Waals surface area contributed by atoms with Crippen molar-refractivity contribution in [3.8, 4) is 0 Å². The molecule has 1 aliphatic carbocycles. The van der Waals surface area contributed by atoms with Gasteiger partial charge in [-0.25, -0.2) is 4.79 Å². The molecule has 0 heterocycles. The molecule has 1 aliphatic rings. The molecule has 1 saturated carbocycles. The lowest BCUT2D eigenvalue weighted by molar-refractivity contribution is 0.101. The van der Waals surface area contributed by atoms with Crippen molar-refractivity contribution in [1.29, 1.82) is 0 Å².